The van der Waals surface area contributed by atoms with Crippen LogP contribution in [0.25, 0.3) is 5.69 Å². The maximum Gasteiger partial charge on any atom is 0.211 e. The molecule has 0 amide bonds. The standard InChI is InChI=1S/C8H8N4S/c1-6-4-2-3-5-7(6)12-8(13)9-10-11-12/h2-5H,1H3,(H,9,11,13). The van der Waals surface area contributed by atoms with Crippen LogP contribution in [0, 0.1) is 6.92 Å². The molecule has 0 aliphatic rings. The zero-order valence-corrected chi connectivity index (χ0v) is 7.94. The first-order chi connectivity index (χ1) is 6.29. The number of nitrogens with zero attached hydrogens (tertiary/aromatic N) is 4. The smallest absolute Gasteiger partial charge is 0.187 e. The van der Waals surface area contributed by atoms with Gasteiger partial charge in [-0.25, -0.2) is 0 Å². The molecule has 0 saturated heterocycles. The van der Waals surface area contributed by atoms with Crippen molar-refractivity contribution in [2.75, 3.05) is 0 Å². The second-order valence-electron chi connectivity index (χ2n) is 2.68. The van der Waals surface area contributed by atoms with E-state index in [-0.39, 0.29) is 0 Å². The third-order valence-corrected chi connectivity index (χ3v) is 2.08. The second kappa shape index (κ2) is 3.18. The summed E-state index contributed by atoms with van der Waals surface area (Å²) in [6.45, 7) is 2.00. The minimum Gasteiger partial charge on any atom is -0.187 e. The van der Waals surface area contributed by atoms with Gasteiger partial charge in [-0.05, 0) is 29.0 Å². The number of para-hydroxylation sites is 1. The molecular formula is C8H8N4S. The summed E-state index contributed by atoms with van der Waals surface area (Å²) < 4.78 is 1.60. The van der Waals surface area contributed by atoms with Crippen LogP contribution in [0.2, 0.25) is 0 Å². The molecule has 0 aliphatic heterocycles. The molecule has 13 heavy (non-hydrogen) atoms. The second-order valence-corrected chi connectivity index (χ2v) is 3.08. The van der Waals surface area contributed by atoms with E-state index in [9.17, 15) is 0 Å². The van der Waals surface area contributed by atoms with Crippen LogP contribution in [-0.4, -0.2) is 20.2 Å². The lowest BCUT2D eigenvalue weighted by atomic mass is 10.2. The highest BCUT2D eigenvalue weighted by atomic mass is 32.1. The molecule has 1 aromatic heterocycles. The lowest BCUT2D eigenvalue weighted by Gasteiger charge is -2.03. The van der Waals surface area contributed by atoms with E-state index in [1.165, 1.54) is 0 Å². The van der Waals surface area contributed by atoms with Crippen molar-refractivity contribution in [1.29, 1.82) is 0 Å². The predicted octanol–water partition coefficient (Wildman–Crippen LogP) is 1.26. The lowest BCUT2D eigenvalue weighted by molar-refractivity contribution is 0.753. The molecule has 0 aliphatic carbocycles. The number of hydrogen-bond donors (Lipinski definition) is 1. The molecule has 4 nitrogen and oxygen atoms in total. The topological polar surface area (TPSA) is 43.6 Å². The zero-order valence-electron chi connectivity index (χ0n) is 7.05. The van der Waals surface area contributed by atoms with Crippen LogP contribution in [0.15, 0.2) is 29.4 Å². The van der Waals surface area contributed by atoms with Gasteiger partial charge in [0.1, 0.15) is 0 Å². The van der Waals surface area contributed by atoms with Crippen molar-refractivity contribution in [2.24, 2.45) is 0 Å². The fourth-order valence-electron chi connectivity index (χ4n) is 1.14. The van der Waals surface area contributed by atoms with Crippen LogP contribution in [0.5, 0.6) is 0 Å². The van der Waals surface area contributed by atoms with Crippen molar-refractivity contribution in [3.8, 4) is 5.69 Å². The number of benzene rings is 1. The molecule has 0 atom stereocenters. The molecule has 0 bridgehead atoms. The Bertz CT molecular complexity index is 424. The Balaban J connectivity index is 2.59. The number of aromatic nitrogens is 4. The van der Waals surface area contributed by atoms with E-state index >= 15 is 0 Å². The van der Waals surface area contributed by atoms with Gasteiger partial charge in [0.05, 0.1) is 5.69 Å². The summed E-state index contributed by atoms with van der Waals surface area (Å²) in [6, 6.07) is 7.87. The maximum absolute atomic E-state index is 4.13. The van der Waals surface area contributed by atoms with Gasteiger partial charge in [0.2, 0.25) is 5.16 Å². The number of rotatable bonds is 1. The SMILES string of the molecule is Cc1ccccc1-n1nnnc1S. The monoisotopic (exact) mass is 192 g/mol. The van der Waals surface area contributed by atoms with E-state index in [2.05, 4.69) is 28.2 Å². The Hall–Kier alpha value is -1.36. The Morgan fingerprint density at radius 2 is 2.08 bits per heavy atom. The van der Waals surface area contributed by atoms with E-state index in [0.29, 0.717) is 5.16 Å². The van der Waals surface area contributed by atoms with Crippen LogP contribution in [0.3, 0.4) is 0 Å². The minimum absolute atomic E-state index is 0.495. The van der Waals surface area contributed by atoms with Crippen LogP contribution in [0.4, 0.5) is 0 Å². The average Bonchev–Trinajstić information content (AvgIpc) is 2.52. The summed E-state index contributed by atoms with van der Waals surface area (Å²) in [6.07, 6.45) is 0. The van der Waals surface area contributed by atoms with E-state index in [1.807, 2.05) is 31.2 Å². The van der Waals surface area contributed by atoms with Crippen molar-refractivity contribution in [3.63, 3.8) is 0 Å². The first kappa shape index (κ1) is 8.25. The Morgan fingerprint density at radius 3 is 2.69 bits per heavy atom. The van der Waals surface area contributed by atoms with Crippen molar-refractivity contribution in [2.45, 2.75) is 12.1 Å². The molecule has 1 heterocycles. The highest BCUT2D eigenvalue weighted by molar-refractivity contribution is 7.80. The molecule has 1 aromatic carbocycles. The average molecular weight is 192 g/mol. The number of aryl methyl sites for hydroxylation is 1. The predicted molar refractivity (Wildman–Crippen MR) is 51.1 cm³/mol. The van der Waals surface area contributed by atoms with Crippen LogP contribution >= 0.6 is 12.6 Å². The van der Waals surface area contributed by atoms with Gasteiger partial charge < -0.3 is 0 Å². The van der Waals surface area contributed by atoms with Crippen LogP contribution in [-0.2, 0) is 0 Å². The Morgan fingerprint density at radius 1 is 1.31 bits per heavy atom. The molecular weight excluding hydrogens is 184 g/mol. The summed E-state index contributed by atoms with van der Waals surface area (Å²) in [5.41, 5.74) is 2.07. The maximum atomic E-state index is 4.13. The van der Waals surface area contributed by atoms with E-state index < -0.39 is 0 Å². The van der Waals surface area contributed by atoms with Crippen LogP contribution < -0.4 is 0 Å². The fraction of sp³-hybridized carbons (Fsp3) is 0.125. The third-order valence-electron chi connectivity index (χ3n) is 1.80. The highest BCUT2D eigenvalue weighted by Crippen LogP contribution is 2.14. The quantitative estimate of drug-likeness (QED) is 0.692. The molecule has 0 N–H and O–H groups in total. The molecule has 2 rings (SSSR count). The van der Waals surface area contributed by atoms with Gasteiger partial charge >= 0.3 is 0 Å². The first-order valence-electron chi connectivity index (χ1n) is 3.82. The molecule has 0 spiro atoms. The lowest BCUT2D eigenvalue weighted by Crippen LogP contribution is -1.99. The fourth-order valence-corrected chi connectivity index (χ4v) is 1.33. The number of hydrogen-bond acceptors (Lipinski definition) is 4. The van der Waals surface area contributed by atoms with Gasteiger partial charge in [-0.2, -0.15) is 4.68 Å². The van der Waals surface area contributed by atoms with E-state index in [4.69, 9.17) is 0 Å². The van der Waals surface area contributed by atoms with E-state index in [1.54, 1.807) is 4.68 Å². The molecule has 0 saturated carbocycles. The Labute approximate surface area is 81.0 Å². The molecule has 66 valence electrons. The summed E-state index contributed by atoms with van der Waals surface area (Å²) in [5, 5.41) is 11.5. The van der Waals surface area contributed by atoms with Crippen molar-refractivity contribution < 1.29 is 0 Å². The summed E-state index contributed by atoms with van der Waals surface area (Å²) in [5.74, 6) is 0. The molecule has 0 unspecified atom stereocenters. The normalized spacial score (nSPS) is 10.3. The number of thiol groups is 1. The van der Waals surface area contributed by atoms with Crippen molar-refractivity contribution >= 4 is 12.6 Å². The number of tetrazole rings is 1. The van der Waals surface area contributed by atoms with Gasteiger partial charge in [-0.3, -0.25) is 0 Å². The molecule has 0 radical (unpaired) electrons. The van der Waals surface area contributed by atoms with Gasteiger partial charge in [0, 0.05) is 0 Å². The van der Waals surface area contributed by atoms with Crippen LogP contribution in [0.1, 0.15) is 5.56 Å². The van der Waals surface area contributed by atoms with Gasteiger partial charge in [-0.15, -0.1) is 17.7 Å². The minimum atomic E-state index is 0.495. The first-order valence-corrected chi connectivity index (χ1v) is 4.27. The third kappa shape index (κ3) is 1.42. The largest absolute Gasteiger partial charge is 0.211 e. The summed E-state index contributed by atoms with van der Waals surface area (Å²) >= 11 is 4.13. The van der Waals surface area contributed by atoms with E-state index in [0.717, 1.165) is 11.3 Å². The van der Waals surface area contributed by atoms with Gasteiger partial charge in [-0.1, -0.05) is 18.2 Å². The van der Waals surface area contributed by atoms with Crippen molar-refractivity contribution in [3.05, 3.63) is 29.8 Å². The molecule has 5 heteroatoms. The molecule has 0 fully saturated rings. The van der Waals surface area contributed by atoms with Crippen molar-refractivity contribution in [1.82, 2.24) is 20.2 Å². The molecule has 2 aromatic rings. The zero-order chi connectivity index (χ0) is 9.26. The summed E-state index contributed by atoms with van der Waals surface area (Å²) in [7, 11) is 0. The highest BCUT2D eigenvalue weighted by Gasteiger charge is 2.05. The Kier molecular flexibility index (Phi) is 2.02. The van der Waals surface area contributed by atoms with Gasteiger partial charge in [0.25, 0.3) is 0 Å². The van der Waals surface area contributed by atoms with Gasteiger partial charge in [0.15, 0.2) is 0 Å². The summed E-state index contributed by atoms with van der Waals surface area (Å²) in [4.78, 5) is 0.